The molecule has 0 radical (unpaired) electrons. The predicted octanol–water partition coefficient (Wildman–Crippen LogP) is 3.87. The van der Waals surface area contributed by atoms with E-state index in [2.05, 4.69) is 24.3 Å². The predicted molar refractivity (Wildman–Crippen MR) is 121 cm³/mol. The van der Waals surface area contributed by atoms with E-state index in [0.29, 0.717) is 0 Å². The smallest absolute Gasteiger partial charge is 0.238 e. The molecule has 0 spiro atoms. The van der Waals surface area contributed by atoms with Crippen LogP contribution in [-0.4, -0.2) is 21.2 Å². The Morgan fingerprint density at radius 3 is 2.45 bits per heavy atom. The second-order valence-electron chi connectivity index (χ2n) is 7.86. The Morgan fingerprint density at radius 1 is 1.00 bits per heavy atom. The average Bonchev–Trinajstić information content (AvgIpc) is 3.18. The summed E-state index contributed by atoms with van der Waals surface area (Å²) in [6.45, 7) is 0. The molecule has 5 rings (SSSR count). The maximum atomic E-state index is 11.7. The van der Waals surface area contributed by atoms with Gasteiger partial charge in [0.15, 0.2) is 0 Å². The first-order chi connectivity index (χ1) is 15.0. The van der Waals surface area contributed by atoms with Crippen molar-refractivity contribution in [2.75, 3.05) is 12.1 Å². The van der Waals surface area contributed by atoms with Crippen molar-refractivity contribution in [3.63, 3.8) is 0 Å². The van der Waals surface area contributed by atoms with Gasteiger partial charge in [0.2, 0.25) is 10.0 Å². The lowest BCUT2D eigenvalue weighted by Crippen LogP contribution is -2.29. The number of nitrogens with zero attached hydrogens (tertiary/aromatic N) is 2. The molecule has 2 atom stereocenters. The third-order valence-electron chi connectivity index (χ3n) is 6.12. The molecule has 1 aliphatic carbocycles. The van der Waals surface area contributed by atoms with Crippen LogP contribution in [-0.2, 0) is 16.4 Å². The van der Waals surface area contributed by atoms with E-state index in [0.717, 1.165) is 35.6 Å². The summed E-state index contributed by atoms with van der Waals surface area (Å²) in [5.74, 6) is 1.01. The Balaban J connectivity index is 1.65. The molecule has 2 aliphatic rings. The van der Waals surface area contributed by atoms with Crippen molar-refractivity contribution in [3.05, 3.63) is 89.5 Å². The van der Waals surface area contributed by atoms with Gasteiger partial charge in [-0.25, -0.2) is 13.6 Å². The van der Waals surface area contributed by atoms with E-state index < -0.39 is 10.0 Å². The van der Waals surface area contributed by atoms with Crippen LogP contribution < -0.4 is 14.9 Å². The molecule has 1 heterocycles. The summed E-state index contributed by atoms with van der Waals surface area (Å²) in [6, 6.07) is 22.9. The molecule has 2 N–H and O–H groups in total. The van der Waals surface area contributed by atoms with Crippen LogP contribution in [0.25, 0.3) is 0 Å². The summed E-state index contributed by atoms with van der Waals surface area (Å²) >= 11 is 0. The highest BCUT2D eigenvalue weighted by molar-refractivity contribution is 7.89. The lowest BCUT2D eigenvalue weighted by molar-refractivity contribution is 0.397. The van der Waals surface area contributed by atoms with Gasteiger partial charge in [0.1, 0.15) is 5.75 Å². The van der Waals surface area contributed by atoms with Crippen molar-refractivity contribution in [2.45, 2.75) is 23.8 Å². The van der Waals surface area contributed by atoms with Gasteiger partial charge in [-0.1, -0.05) is 42.5 Å². The third kappa shape index (κ3) is 3.40. The number of ether oxygens (including phenoxy) is 1. The molecule has 0 bridgehead atoms. The first-order valence-corrected chi connectivity index (χ1v) is 11.7. The standard InChI is InChI=1S/C24H23N3O3S/c1-30-22-9-5-4-8-20(22)24-21-15-10-16-6-2-3-7-19(16)23(21)26-27(24)17-11-13-18(14-12-17)31(25,28)29/h2-9,11-14,21,24H,10,15H2,1H3,(H2,25,28,29). The Morgan fingerprint density at radius 2 is 1.71 bits per heavy atom. The van der Waals surface area contributed by atoms with Crippen molar-refractivity contribution in [2.24, 2.45) is 16.2 Å². The molecule has 0 aromatic heterocycles. The van der Waals surface area contributed by atoms with Crippen molar-refractivity contribution >= 4 is 21.4 Å². The van der Waals surface area contributed by atoms with E-state index in [-0.39, 0.29) is 16.9 Å². The number of benzene rings is 3. The summed E-state index contributed by atoms with van der Waals surface area (Å²) in [5.41, 5.74) is 5.42. The summed E-state index contributed by atoms with van der Waals surface area (Å²) in [5, 5.41) is 12.3. The van der Waals surface area contributed by atoms with Gasteiger partial charge in [-0.15, -0.1) is 0 Å². The van der Waals surface area contributed by atoms with Crippen LogP contribution >= 0.6 is 0 Å². The van der Waals surface area contributed by atoms with E-state index in [1.807, 2.05) is 29.3 Å². The largest absolute Gasteiger partial charge is 0.496 e. The Labute approximate surface area is 182 Å². The van der Waals surface area contributed by atoms with Crippen LogP contribution in [0.4, 0.5) is 5.69 Å². The van der Waals surface area contributed by atoms with Crippen molar-refractivity contribution < 1.29 is 13.2 Å². The van der Waals surface area contributed by atoms with Crippen LogP contribution in [0, 0.1) is 5.92 Å². The van der Waals surface area contributed by atoms with Crippen LogP contribution in [0.5, 0.6) is 5.75 Å². The molecule has 0 saturated heterocycles. The quantitative estimate of drug-likeness (QED) is 0.677. The topological polar surface area (TPSA) is 85.0 Å². The molecule has 31 heavy (non-hydrogen) atoms. The second-order valence-corrected chi connectivity index (χ2v) is 9.42. The van der Waals surface area contributed by atoms with Crippen LogP contribution in [0.15, 0.2) is 82.8 Å². The van der Waals surface area contributed by atoms with Gasteiger partial charge in [0.25, 0.3) is 0 Å². The van der Waals surface area contributed by atoms with E-state index in [4.69, 9.17) is 15.0 Å². The van der Waals surface area contributed by atoms with Gasteiger partial charge in [0.05, 0.1) is 29.4 Å². The minimum Gasteiger partial charge on any atom is -0.496 e. The van der Waals surface area contributed by atoms with Gasteiger partial charge in [-0.3, -0.25) is 5.01 Å². The van der Waals surface area contributed by atoms with Gasteiger partial charge in [-0.05, 0) is 48.7 Å². The molecule has 2 unspecified atom stereocenters. The third-order valence-corrected chi connectivity index (χ3v) is 7.05. The number of primary sulfonamides is 1. The highest BCUT2D eigenvalue weighted by Gasteiger charge is 2.43. The summed E-state index contributed by atoms with van der Waals surface area (Å²) in [6.07, 6.45) is 1.97. The number of aryl methyl sites for hydroxylation is 1. The first-order valence-electron chi connectivity index (χ1n) is 10.2. The Hall–Kier alpha value is -3.16. The molecule has 0 fully saturated rings. The molecule has 1 aliphatic heterocycles. The minimum absolute atomic E-state index is 0.0557. The molecule has 158 valence electrons. The Bertz CT molecular complexity index is 1270. The summed E-state index contributed by atoms with van der Waals surface area (Å²) in [4.78, 5) is 0.0831. The lowest BCUT2D eigenvalue weighted by atomic mass is 9.77. The number of hydrogen-bond acceptors (Lipinski definition) is 5. The second kappa shape index (κ2) is 7.51. The molecule has 3 aromatic carbocycles. The molecule has 0 amide bonds. The first kappa shape index (κ1) is 19.8. The summed E-state index contributed by atoms with van der Waals surface area (Å²) < 4.78 is 29.1. The highest BCUT2D eigenvalue weighted by atomic mass is 32.2. The molecular weight excluding hydrogens is 410 g/mol. The van der Waals surface area contributed by atoms with E-state index in [1.165, 1.54) is 23.3 Å². The lowest BCUT2D eigenvalue weighted by Gasteiger charge is -2.31. The number of anilines is 1. The normalized spacial score (nSPS) is 20.1. The van der Waals surface area contributed by atoms with Crippen LogP contribution in [0.3, 0.4) is 0 Å². The number of methoxy groups -OCH3 is 1. The number of para-hydroxylation sites is 1. The van der Waals surface area contributed by atoms with Gasteiger partial charge in [-0.2, -0.15) is 5.10 Å². The average molecular weight is 434 g/mol. The molecule has 6 nitrogen and oxygen atoms in total. The molecule has 7 heteroatoms. The number of fused-ring (bicyclic) bond motifs is 3. The highest BCUT2D eigenvalue weighted by Crippen LogP contribution is 2.47. The molecular formula is C24H23N3O3S. The molecule has 0 saturated carbocycles. The monoisotopic (exact) mass is 433 g/mol. The number of hydrazone groups is 1. The van der Waals surface area contributed by atoms with Crippen molar-refractivity contribution in [1.29, 1.82) is 0 Å². The minimum atomic E-state index is -3.75. The Kier molecular flexibility index (Phi) is 4.79. The number of nitrogens with two attached hydrogens (primary N) is 1. The van der Waals surface area contributed by atoms with Crippen molar-refractivity contribution in [3.8, 4) is 5.75 Å². The zero-order valence-corrected chi connectivity index (χ0v) is 17.9. The van der Waals surface area contributed by atoms with Crippen LogP contribution in [0.2, 0.25) is 0 Å². The van der Waals surface area contributed by atoms with E-state index >= 15 is 0 Å². The fourth-order valence-corrected chi connectivity index (χ4v) is 5.20. The van der Waals surface area contributed by atoms with Crippen molar-refractivity contribution in [1.82, 2.24) is 0 Å². The fraction of sp³-hybridized carbons (Fsp3) is 0.208. The zero-order valence-electron chi connectivity index (χ0n) is 17.1. The number of rotatable bonds is 4. The number of hydrogen-bond donors (Lipinski definition) is 1. The summed E-state index contributed by atoms with van der Waals surface area (Å²) in [7, 11) is -2.08. The fourth-order valence-electron chi connectivity index (χ4n) is 4.69. The van der Waals surface area contributed by atoms with Gasteiger partial charge >= 0.3 is 0 Å². The maximum Gasteiger partial charge on any atom is 0.238 e. The van der Waals surface area contributed by atoms with E-state index in [1.54, 1.807) is 19.2 Å². The van der Waals surface area contributed by atoms with Gasteiger partial charge in [0, 0.05) is 17.0 Å². The van der Waals surface area contributed by atoms with Crippen LogP contribution in [0.1, 0.15) is 29.2 Å². The molecule has 3 aromatic rings. The van der Waals surface area contributed by atoms with E-state index in [9.17, 15) is 8.42 Å². The zero-order chi connectivity index (χ0) is 21.6. The number of sulfonamides is 1. The van der Waals surface area contributed by atoms with Gasteiger partial charge < -0.3 is 4.74 Å². The maximum absolute atomic E-state index is 11.7. The SMILES string of the molecule is COc1ccccc1C1C2CCc3ccccc3C2=NN1c1ccc(S(N)(=O)=O)cc1.